The Morgan fingerprint density at radius 2 is 0.914 bits per heavy atom. The van der Waals surface area contributed by atoms with Gasteiger partial charge in [0.2, 0.25) is 0 Å². The molecular formula is C33H28N2. The number of hydrogen-bond donors (Lipinski definition) is 0. The van der Waals surface area contributed by atoms with Gasteiger partial charge in [0.1, 0.15) is 6.17 Å². The lowest BCUT2D eigenvalue weighted by Gasteiger charge is -2.33. The molecule has 1 aliphatic heterocycles. The van der Waals surface area contributed by atoms with Crippen LogP contribution in [0.15, 0.2) is 127 Å². The van der Waals surface area contributed by atoms with Crippen LogP contribution in [0.2, 0.25) is 0 Å². The van der Waals surface area contributed by atoms with E-state index in [0.29, 0.717) is 0 Å². The van der Waals surface area contributed by atoms with Crippen LogP contribution >= 0.6 is 0 Å². The highest BCUT2D eigenvalue weighted by molar-refractivity contribution is 5.99. The predicted molar refractivity (Wildman–Crippen MR) is 149 cm³/mol. The molecular weight excluding hydrogens is 424 g/mol. The maximum Gasteiger partial charge on any atom is 0.108 e. The third-order valence-corrected chi connectivity index (χ3v) is 6.97. The molecule has 6 rings (SSSR count). The average Bonchev–Trinajstić information content (AvgIpc) is 3.21. The van der Waals surface area contributed by atoms with Gasteiger partial charge in [-0.3, -0.25) is 0 Å². The first kappa shape index (κ1) is 21.2. The SMILES string of the molecule is Cc1ccccc1N1c2ccccc2N(c2c(-c3ccccc3)cccc2-c2ccccc2)[C@@H]1C. The van der Waals surface area contributed by atoms with E-state index in [1.54, 1.807) is 0 Å². The van der Waals surface area contributed by atoms with Gasteiger partial charge in [0.05, 0.1) is 17.1 Å². The second kappa shape index (κ2) is 8.81. The number of anilines is 4. The number of nitrogens with zero attached hydrogens (tertiary/aromatic N) is 2. The summed E-state index contributed by atoms with van der Waals surface area (Å²) in [7, 11) is 0. The first-order chi connectivity index (χ1) is 17.2. The lowest BCUT2D eigenvalue weighted by Crippen LogP contribution is -2.36. The van der Waals surface area contributed by atoms with Gasteiger partial charge in [-0.15, -0.1) is 0 Å². The second-order valence-corrected chi connectivity index (χ2v) is 9.08. The van der Waals surface area contributed by atoms with Gasteiger partial charge in [0.15, 0.2) is 0 Å². The molecule has 0 radical (unpaired) electrons. The van der Waals surface area contributed by atoms with E-state index in [9.17, 15) is 0 Å². The van der Waals surface area contributed by atoms with Crippen LogP contribution in [0.3, 0.4) is 0 Å². The number of rotatable bonds is 4. The number of benzene rings is 5. The van der Waals surface area contributed by atoms with Crippen LogP contribution in [0.1, 0.15) is 12.5 Å². The van der Waals surface area contributed by atoms with Crippen molar-refractivity contribution >= 4 is 22.7 Å². The predicted octanol–water partition coefficient (Wildman–Crippen LogP) is 8.96. The number of hydrogen-bond acceptors (Lipinski definition) is 2. The van der Waals surface area contributed by atoms with Crippen molar-refractivity contribution < 1.29 is 0 Å². The molecule has 0 saturated carbocycles. The third-order valence-electron chi connectivity index (χ3n) is 6.97. The van der Waals surface area contributed by atoms with E-state index >= 15 is 0 Å². The quantitative estimate of drug-likeness (QED) is 0.268. The van der Waals surface area contributed by atoms with Gasteiger partial charge in [0.25, 0.3) is 0 Å². The van der Waals surface area contributed by atoms with E-state index in [0.717, 1.165) is 0 Å². The minimum Gasteiger partial charge on any atom is -0.318 e. The number of aryl methyl sites for hydroxylation is 1. The minimum atomic E-state index is 0.0980. The minimum absolute atomic E-state index is 0.0980. The Labute approximate surface area is 207 Å². The van der Waals surface area contributed by atoms with Crippen molar-refractivity contribution in [2.75, 3.05) is 9.80 Å². The van der Waals surface area contributed by atoms with Crippen molar-refractivity contribution in [3.63, 3.8) is 0 Å². The normalized spacial score (nSPS) is 14.7. The van der Waals surface area contributed by atoms with Crippen molar-refractivity contribution in [1.29, 1.82) is 0 Å². The molecule has 1 aliphatic rings. The van der Waals surface area contributed by atoms with E-state index in [4.69, 9.17) is 0 Å². The summed E-state index contributed by atoms with van der Waals surface area (Å²) < 4.78 is 0. The van der Waals surface area contributed by atoms with Crippen molar-refractivity contribution in [3.8, 4) is 22.3 Å². The lowest BCUT2D eigenvalue weighted by molar-refractivity contribution is 0.760. The van der Waals surface area contributed by atoms with Crippen LogP contribution in [0.5, 0.6) is 0 Å². The summed E-state index contributed by atoms with van der Waals surface area (Å²) in [6, 6.07) is 45.6. The molecule has 0 amide bonds. The lowest BCUT2D eigenvalue weighted by atomic mass is 9.94. The highest BCUT2D eigenvalue weighted by Gasteiger charge is 2.37. The average molecular weight is 453 g/mol. The van der Waals surface area contributed by atoms with E-state index in [-0.39, 0.29) is 6.17 Å². The monoisotopic (exact) mass is 452 g/mol. The van der Waals surface area contributed by atoms with E-state index < -0.39 is 0 Å². The molecule has 2 nitrogen and oxygen atoms in total. The molecule has 0 bridgehead atoms. The standard InChI is InChI=1S/C33H28N2/c1-24-14-9-10-21-30(24)34-25(2)35(32-23-12-11-22-31(32)34)33-28(26-15-5-3-6-16-26)19-13-20-29(33)27-17-7-4-8-18-27/h3-23,25H,1-2H3/t25-/m1/s1. The van der Waals surface area contributed by atoms with Gasteiger partial charge in [-0.2, -0.15) is 0 Å². The molecule has 5 aromatic carbocycles. The van der Waals surface area contributed by atoms with Crippen LogP contribution in [0, 0.1) is 6.92 Å². The van der Waals surface area contributed by atoms with Crippen molar-refractivity contribution in [1.82, 2.24) is 0 Å². The van der Waals surface area contributed by atoms with Crippen LogP contribution in [-0.2, 0) is 0 Å². The van der Waals surface area contributed by atoms with Crippen molar-refractivity contribution in [2.45, 2.75) is 20.0 Å². The first-order valence-electron chi connectivity index (χ1n) is 12.2. The largest absolute Gasteiger partial charge is 0.318 e. The second-order valence-electron chi connectivity index (χ2n) is 9.08. The van der Waals surface area contributed by atoms with Gasteiger partial charge in [0, 0.05) is 16.8 Å². The molecule has 0 unspecified atom stereocenters. The highest BCUT2D eigenvalue weighted by atomic mass is 15.4. The van der Waals surface area contributed by atoms with Crippen molar-refractivity contribution in [3.05, 3.63) is 133 Å². The van der Waals surface area contributed by atoms with Gasteiger partial charge >= 0.3 is 0 Å². The molecule has 2 heteroatoms. The Morgan fingerprint density at radius 1 is 0.457 bits per heavy atom. The van der Waals surface area contributed by atoms with Crippen LogP contribution in [-0.4, -0.2) is 6.17 Å². The van der Waals surface area contributed by atoms with Crippen LogP contribution in [0.4, 0.5) is 22.7 Å². The maximum absolute atomic E-state index is 2.52. The summed E-state index contributed by atoms with van der Waals surface area (Å²) in [4.78, 5) is 4.99. The van der Waals surface area contributed by atoms with Crippen LogP contribution in [0.25, 0.3) is 22.3 Å². The Bertz CT molecular complexity index is 1420. The Balaban J connectivity index is 1.63. The fraction of sp³-hybridized carbons (Fsp3) is 0.0909. The Hall–Kier alpha value is -4.30. The summed E-state index contributed by atoms with van der Waals surface area (Å²) in [6.07, 6.45) is 0.0980. The molecule has 5 aromatic rings. The fourth-order valence-corrected chi connectivity index (χ4v) is 5.37. The summed E-state index contributed by atoms with van der Waals surface area (Å²) in [5.74, 6) is 0. The summed E-state index contributed by atoms with van der Waals surface area (Å²) in [6.45, 7) is 4.50. The molecule has 0 N–H and O–H groups in total. The molecule has 170 valence electrons. The number of fused-ring (bicyclic) bond motifs is 1. The van der Waals surface area contributed by atoms with Gasteiger partial charge in [-0.25, -0.2) is 0 Å². The topological polar surface area (TPSA) is 6.48 Å². The van der Waals surface area contributed by atoms with Gasteiger partial charge < -0.3 is 9.80 Å². The van der Waals surface area contributed by atoms with E-state index in [1.165, 1.54) is 50.6 Å². The molecule has 35 heavy (non-hydrogen) atoms. The molecule has 1 heterocycles. The molecule has 1 atom stereocenters. The molecule has 0 spiro atoms. The van der Waals surface area contributed by atoms with Gasteiger partial charge in [-0.1, -0.05) is 109 Å². The summed E-state index contributed by atoms with van der Waals surface area (Å²) in [5, 5.41) is 0. The first-order valence-corrected chi connectivity index (χ1v) is 12.2. The Kier molecular flexibility index (Phi) is 5.35. The molecule has 0 aromatic heterocycles. The zero-order valence-electron chi connectivity index (χ0n) is 20.1. The highest BCUT2D eigenvalue weighted by Crippen LogP contribution is 2.52. The Morgan fingerprint density at radius 3 is 1.46 bits per heavy atom. The van der Waals surface area contributed by atoms with E-state index in [1.807, 2.05) is 0 Å². The van der Waals surface area contributed by atoms with Gasteiger partial charge in [-0.05, 0) is 48.7 Å². The number of para-hydroxylation sites is 4. The zero-order valence-corrected chi connectivity index (χ0v) is 20.1. The summed E-state index contributed by atoms with van der Waals surface area (Å²) >= 11 is 0. The summed E-state index contributed by atoms with van der Waals surface area (Å²) in [5.41, 5.74) is 11.1. The molecule has 0 saturated heterocycles. The smallest absolute Gasteiger partial charge is 0.108 e. The van der Waals surface area contributed by atoms with Crippen LogP contribution < -0.4 is 9.80 Å². The molecule has 0 fully saturated rings. The third kappa shape index (κ3) is 3.59. The van der Waals surface area contributed by atoms with E-state index in [2.05, 4.69) is 151 Å². The maximum atomic E-state index is 2.52. The zero-order chi connectivity index (χ0) is 23.8. The molecule has 0 aliphatic carbocycles. The fourth-order valence-electron chi connectivity index (χ4n) is 5.37. The van der Waals surface area contributed by atoms with Crippen molar-refractivity contribution in [2.24, 2.45) is 0 Å².